The second-order valence-electron chi connectivity index (χ2n) is 15.7. The van der Waals surface area contributed by atoms with Crippen molar-refractivity contribution in [1.29, 1.82) is 0 Å². The van der Waals surface area contributed by atoms with E-state index in [2.05, 4.69) is 148 Å². The van der Waals surface area contributed by atoms with E-state index >= 15 is 0 Å². The molecule has 0 saturated carbocycles. The Bertz CT molecular complexity index is 2350. The Labute approximate surface area is 355 Å². The van der Waals surface area contributed by atoms with Gasteiger partial charge in [0.25, 0.3) is 0 Å². The summed E-state index contributed by atoms with van der Waals surface area (Å²) in [6, 6.07) is 56.6. The molecule has 0 bridgehead atoms. The molecule has 1 N–H and O–H groups in total. The molecule has 1 aromatic heterocycles. The van der Waals surface area contributed by atoms with Crippen LogP contribution in [0.1, 0.15) is 80.6 Å². The molecule has 0 saturated heterocycles. The van der Waals surface area contributed by atoms with Crippen molar-refractivity contribution in [2.75, 3.05) is 12.7 Å². The molecule has 7 rings (SSSR count). The Balaban J connectivity index is 1.20. The van der Waals surface area contributed by atoms with E-state index in [-0.39, 0.29) is 16.7 Å². The molecular weight excluding hydrogens is 772 g/mol. The average molecular weight is 827 g/mol. The number of nitrogens with one attached hydrogen (secondary N) is 1. The summed E-state index contributed by atoms with van der Waals surface area (Å²) in [7, 11) is -2.52. The molecule has 298 valence electrons. The van der Waals surface area contributed by atoms with Crippen LogP contribution in [0.4, 0.5) is 0 Å². The number of hydrogen-bond acceptors (Lipinski definition) is 2. The van der Waals surface area contributed by atoms with Gasteiger partial charge >= 0.3 is 259 Å². The van der Waals surface area contributed by atoms with Gasteiger partial charge in [0.15, 0.2) is 0 Å². The summed E-state index contributed by atoms with van der Waals surface area (Å²) < 4.78 is 1.85. The molecule has 0 fully saturated rings. The van der Waals surface area contributed by atoms with Gasteiger partial charge in [0.1, 0.15) is 0 Å². The summed E-state index contributed by atoms with van der Waals surface area (Å²) in [6.07, 6.45) is 4.87. The number of halogens is 2. The van der Waals surface area contributed by atoms with Crippen LogP contribution in [0.2, 0.25) is 10.0 Å². The van der Waals surface area contributed by atoms with Gasteiger partial charge in [0.2, 0.25) is 0 Å². The zero-order chi connectivity index (χ0) is 40.8. The topological polar surface area (TPSA) is 46.9 Å². The summed E-state index contributed by atoms with van der Waals surface area (Å²) >= 11 is 12.7. The Morgan fingerprint density at radius 1 is 0.621 bits per heavy atom. The number of rotatable bonds is 16. The number of nitrogens with zero attached hydrogens (tertiary/aromatic N) is 2. The number of hydrogen-bond donors (Lipinski definition) is 1. The zero-order valence-electron chi connectivity index (χ0n) is 34.0. The van der Waals surface area contributed by atoms with Crippen molar-refractivity contribution in [2.45, 2.75) is 70.8 Å². The third-order valence-electron chi connectivity index (χ3n) is 13.0. The summed E-state index contributed by atoms with van der Waals surface area (Å²) in [5.41, 5.74) is 4.49. The second-order valence-corrected chi connectivity index (χ2v) is 20.4. The van der Waals surface area contributed by atoms with Crippen molar-refractivity contribution in [3.63, 3.8) is 0 Å². The van der Waals surface area contributed by atoms with Gasteiger partial charge in [-0.1, -0.05) is 47.5 Å². The molecule has 0 spiro atoms. The fourth-order valence-electron chi connectivity index (χ4n) is 9.24. The van der Waals surface area contributed by atoms with Crippen molar-refractivity contribution in [2.24, 2.45) is 0 Å². The predicted octanol–water partition coefficient (Wildman–Crippen LogP) is 11.7. The van der Waals surface area contributed by atoms with E-state index in [1.165, 1.54) is 27.0 Å². The third-order valence-corrected chi connectivity index (χ3v) is 18.8. The SMILES string of the molecule is CCC(CC)(CNC(=O)c1nn(Cc2ccc(Cl)cc2Cl)c2ccccc12)c1ccc(C(CC)(CC)C[PH](c2ccccc2)(c2ccccc2)c2ccccc2)cc1. The Morgan fingerprint density at radius 3 is 1.60 bits per heavy atom. The van der Waals surface area contributed by atoms with Crippen molar-refractivity contribution < 1.29 is 4.79 Å². The van der Waals surface area contributed by atoms with Crippen LogP contribution in [-0.4, -0.2) is 28.4 Å². The molecule has 1 amide bonds. The van der Waals surface area contributed by atoms with Crippen LogP contribution in [0.5, 0.6) is 0 Å². The monoisotopic (exact) mass is 825 g/mol. The minimum absolute atomic E-state index is 0.0578. The van der Waals surface area contributed by atoms with E-state index in [4.69, 9.17) is 28.3 Å². The molecule has 0 aliphatic rings. The van der Waals surface area contributed by atoms with Crippen LogP contribution >= 0.6 is 30.5 Å². The van der Waals surface area contributed by atoms with Gasteiger partial charge < -0.3 is 0 Å². The molecule has 0 atom stereocenters. The summed E-state index contributed by atoms with van der Waals surface area (Å²) in [6.45, 7) is 10.1. The van der Waals surface area contributed by atoms with E-state index < -0.39 is 7.26 Å². The molecule has 0 unspecified atom stereocenters. The molecule has 58 heavy (non-hydrogen) atoms. The number of para-hydroxylation sites is 1. The number of fused-ring (bicyclic) bond motifs is 1. The van der Waals surface area contributed by atoms with E-state index in [0.29, 0.717) is 28.8 Å². The molecule has 6 aromatic carbocycles. The van der Waals surface area contributed by atoms with Gasteiger partial charge in [-0.25, -0.2) is 0 Å². The maximum atomic E-state index is 14.1. The van der Waals surface area contributed by atoms with Gasteiger partial charge in [-0.05, 0) is 23.8 Å². The Hall–Kier alpha value is -4.73. The number of carbonyl (C=O) groups excluding carboxylic acids is 1. The van der Waals surface area contributed by atoms with Crippen molar-refractivity contribution in [3.05, 3.63) is 190 Å². The number of aromatic nitrogens is 2. The van der Waals surface area contributed by atoms with E-state index in [1.54, 1.807) is 6.07 Å². The molecule has 1 heterocycles. The van der Waals surface area contributed by atoms with Gasteiger partial charge in [0.05, 0.1) is 12.1 Å². The van der Waals surface area contributed by atoms with Crippen LogP contribution in [0.15, 0.2) is 158 Å². The van der Waals surface area contributed by atoms with Gasteiger partial charge in [-0.2, -0.15) is 0 Å². The Morgan fingerprint density at radius 2 is 1.10 bits per heavy atom. The maximum absolute atomic E-state index is 14.1. The summed E-state index contributed by atoms with van der Waals surface area (Å²) in [5.74, 6) is -0.180. The molecule has 0 aliphatic heterocycles. The van der Waals surface area contributed by atoms with Gasteiger partial charge in [0, 0.05) is 10.0 Å². The van der Waals surface area contributed by atoms with Gasteiger partial charge in [-0.3, -0.25) is 4.68 Å². The van der Waals surface area contributed by atoms with Crippen molar-refractivity contribution >= 4 is 63.2 Å². The fourth-order valence-corrected chi connectivity index (χ4v) is 15.3. The molecule has 7 heteroatoms. The van der Waals surface area contributed by atoms with E-state index in [1.807, 2.05) is 41.1 Å². The van der Waals surface area contributed by atoms with Crippen LogP contribution in [0.25, 0.3) is 10.9 Å². The predicted molar refractivity (Wildman–Crippen MR) is 250 cm³/mol. The molecule has 0 radical (unpaired) electrons. The Kier molecular flexibility index (Phi) is 12.9. The number of benzene rings is 6. The number of carbonyl (C=O) groups is 1. The normalized spacial score (nSPS) is 12.4. The first-order chi connectivity index (χ1) is 28.2. The standard InChI is InChI=1S/C51H54Cl2N3OP/c1-5-50(6-2,36-54-49(57)48-45-26-18-19-27-47(45)56(55-48)35-38-28-33-41(52)34-46(38)53)39-29-31-40(32-30-39)51(7-3,8-4)37-58(42-20-12-9-13-21-42,43-22-14-10-15-23-43)44-24-16-11-17-25-44/h9-34,58H,5-8,35-37H2,1-4H3,(H,54,57). The van der Waals surface area contributed by atoms with Crippen LogP contribution in [0.3, 0.4) is 0 Å². The van der Waals surface area contributed by atoms with Crippen molar-refractivity contribution in [3.8, 4) is 0 Å². The van der Waals surface area contributed by atoms with Crippen LogP contribution in [0, 0.1) is 0 Å². The second kappa shape index (κ2) is 18.0. The van der Waals surface area contributed by atoms with E-state index in [9.17, 15) is 4.79 Å². The molecule has 4 nitrogen and oxygen atoms in total. The quantitative estimate of drug-likeness (QED) is 0.0987. The molecule has 7 aromatic rings. The number of amides is 1. The first-order valence-electron chi connectivity index (χ1n) is 20.7. The third kappa shape index (κ3) is 8.00. The summed E-state index contributed by atoms with van der Waals surface area (Å²) in [5, 5.41) is 14.4. The fraction of sp³-hybridized carbons (Fsp3) is 0.255. The molecular formula is C51H54Cl2N3OP. The van der Waals surface area contributed by atoms with Crippen LogP contribution in [-0.2, 0) is 17.4 Å². The van der Waals surface area contributed by atoms with Crippen molar-refractivity contribution in [1.82, 2.24) is 15.1 Å². The zero-order valence-corrected chi connectivity index (χ0v) is 36.5. The molecule has 0 aliphatic carbocycles. The van der Waals surface area contributed by atoms with Crippen LogP contribution < -0.4 is 21.2 Å². The van der Waals surface area contributed by atoms with Gasteiger partial charge in [-0.15, -0.1) is 0 Å². The first kappa shape index (κ1) is 41.4. The van der Waals surface area contributed by atoms with E-state index in [0.717, 1.165) is 48.3 Å². The first-order valence-corrected chi connectivity index (χ1v) is 23.6. The minimum atomic E-state index is -2.52. The average Bonchev–Trinajstić information content (AvgIpc) is 3.65. The summed E-state index contributed by atoms with van der Waals surface area (Å²) in [4.78, 5) is 14.1.